The Morgan fingerprint density at radius 3 is 2.14 bits per heavy atom. The zero-order valence-corrected chi connectivity index (χ0v) is 12.1. The van der Waals surface area contributed by atoms with Crippen molar-refractivity contribution >= 4 is 11.6 Å². The minimum Gasteiger partial charge on any atom is -0.228 e. The number of halogens is 2. The topological polar surface area (TPSA) is 25.8 Å². The molecule has 104 valence electrons. The first-order chi connectivity index (χ1) is 10.1. The molecule has 0 aliphatic heterocycles. The summed E-state index contributed by atoms with van der Waals surface area (Å²) >= 11 is 6.09. The van der Waals surface area contributed by atoms with E-state index in [1.54, 1.807) is 18.2 Å². The van der Waals surface area contributed by atoms with Crippen LogP contribution in [0.1, 0.15) is 5.56 Å². The van der Waals surface area contributed by atoms with Crippen LogP contribution in [0.4, 0.5) is 4.39 Å². The molecule has 4 heteroatoms. The van der Waals surface area contributed by atoms with Gasteiger partial charge in [0.1, 0.15) is 11.0 Å². The van der Waals surface area contributed by atoms with Gasteiger partial charge in [-0.05, 0) is 31.2 Å². The predicted octanol–water partition coefficient (Wildman–Crippen LogP) is 4.91. The van der Waals surface area contributed by atoms with Crippen molar-refractivity contribution < 1.29 is 4.39 Å². The number of hydrogen-bond acceptors (Lipinski definition) is 2. The standard InChI is InChI=1S/C17H12ClFN2/c1-11-2-4-12(5-3-11)15-10-16(18)21-17(20-15)13-6-8-14(19)9-7-13/h2-10H,1H3. The lowest BCUT2D eigenvalue weighted by molar-refractivity contribution is 0.628. The van der Waals surface area contributed by atoms with E-state index in [9.17, 15) is 4.39 Å². The smallest absolute Gasteiger partial charge is 0.161 e. The van der Waals surface area contributed by atoms with Gasteiger partial charge < -0.3 is 0 Å². The van der Waals surface area contributed by atoms with E-state index in [4.69, 9.17) is 11.6 Å². The molecule has 0 atom stereocenters. The van der Waals surface area contributed by atoms with Crippen molar-refractivity contribution in [2.24, 2.45) is 0 Å². The minimum atomic E-state index is -0.292. The number of aryl methyl sites for hydroxylation is 1. The van der Waals surface area contributed by atoms with Gasteiger partial charge in [0.2, 0.25) is 0 Å². The van der Waals surface area contributed by atoms with E-state index in [-0.39, 0.29) is 5.82 Å². The average molecular weight is 299 g/mol. The molecule has 0 bridgehead atoms. The van der Waals surface area contributed by atoms with Gasteiger partial charge in [0.25, 0.3) is 0 Å². The molecule has 1 heterocycles. The van der Waals surface area contributed by atoms with E-state index in [0.717, 1.165) is 16.8 Å². The van der Waals surface area contributed by atoms with Crippen molar-refractivity contribution in [3.8, 4) is 22.6 Å². The first-order valence-electron chi connectivity index (χ1n) is 6.49. The van der Waals surface area contributed by atoms with Crippen molar-refractivity contribution in [2.45, 2.75) is 6.92 Å². The monoisotopic (exact) mass is 298 g/mol. The lowest BCUT2D eigenvalue weighted by Gasteiger charge is -2.06. The molecular formula is C17H12ClFN2. The molecule has 3 aromatic rings. The van der Waals surface area contributed by atoms with Crippen molar-refractivity contribution in [3.63, 3.8) is 0 Å². The Bertz CT molecular complexity index is 704. The van der Waals surface area contributed by atoms with Gasteiger partial charge in [0.15, 0.2) is 5.82 Å². The van der Waals surface area contributed by atoms with E-state index in [1.165, 1.54) is 17.7 Å². The second-order valence-corrected chi connectivity index (χ2v) is 5.16. The van der Waals surface area contributed by atoms with Crippen molar-refractivity contribution in [3.05, 3.63) is 71.1 Å². The zero-order chi connectivity index (χ0) is 14.8. The third kappa shape index (κ3) is 3.09. The Kier molecular flexibility index (Phi) is 3.67. The van der Waals surface area contributed by atoms with Crippen LogP contribution in [0.5, 0.6) is 0 Å². The average Bonchev–Trinajstić information content (AvgIpc) is 2.48. The molecule has 1 aromatic heterocycles. The highest BCUT2D eigenvalue weighted by Gasteiger charge is 2.08. The predicted molar refractivity (Wildman–Crippen MR) is 82.6 cm³/mol. The van der Waals surface area contributed by atoms with Crippen LogP contribution in [-0.4, -0.2) is 9.97 Å². The van der Waals surface area contributed by atoms with Crippen LogP contribution in [0.3, 0.4) is 0 Å². The molecule has 0 N–H and O–H groups in total. The lowest BCUT2D eigenvalue weighted by Crippen LogP contribution is -1.93. The van der Waals surface area contributed by atoms with Crippen LogP contribution >= 0.6 is 11.6 Å². The number of benzene rings is 2. The van der Waals surface area contributed by atoms with E-state index in [2.05, 4.69) is 9.97 Å². The van der Waals surface area contributed by atoms with E-state index >= 15 is 0 Å². The maximum absolute atomic E-state index is 13.0. The Labute approximate surface area is 127 Å². The third-order valence-corrected chi connectivity index (χ3v) is 3.34. The summed E-state index contributed by atoms with van der Waals surface area (Å²) in [5.74, 6) is 0.192. The van der Waals surface area contributed by atoms with Crippen LogP contribution < -0.4 is 0 Å². The highest BCUT2D eigenvalue weighted by molar-refractivity contribution is 6.29. The summed E-state index contributed by atoms with van der Waals surface area (Å²) in [7, 11) is 0. The summed E-state index contributed by atoms with van der Waals surface area (Å²) < 4.78 is 13.0. The van der Waals surface area contributed by atoms with Crippen LogP contribution in [0.15, 0.2) is 54.6 Å². The van der Waals surface area contributed by atoms with Crippen LogP contribution in [0, 0.1) is 12.7 Å². The fraction of sp³-hybridized carbons (Fsp3) is 0.0588. The molecule has 0 aliphatic carbocycles. The lowest BCUT2D eigenvalue weighted by atomic mass is 10.1. The molecule has 0 fully saturated rings. The number of aromatic nitrogens is 2. The molecule has 2 nitrogen and oxygen atoms in total. The molecular weight excluding hydrogens is 287 g/mol. The second-order valence-electron chi connectivity index (χ2n) is 4.77. The minimum absolute atomic E-state index is 0.292. The maximum Gasteiger partial charge on any atom is 0.161 e. The van der Waals surface area contributed by atoms with Gasteiger partial charge in [-0.15, -0.1) is 0 Å². The maximum atomic E-state index is 13.0. The van der Waals surface area contributed by atoms with Crippen molar-refractivity contribution in [2.75, 3.05) is 0 Å². The molecule has 0 aliphatic rings. The van der Waals surface area contributed by atoms with Crippen LogP contribution in [-0.2, 0) is 0 Å². The zero-order valence-electron chi connectivity index (χ0n) is 11.3. The Morgan fingerprint density at radius 2 is 1.48 bits per heavy atom. The highest BCUT2D eigenvalue weighted by atomic mass is 35.5. The first kappa shape index (κ1) is 13.7. The summed E-state index contributed by atoms with van der Waals surface area (Å²) in [6.45, 7) is 2.03. The highest BCUT2D eigenvalue weighted by Crippen LogP contribution is 2.24. The molecule has 2 aromatic carbocycles. The molecule has 0 saturated heterocycles. The fourth-order valence-corrected chi connectivity index (χ4v) is 2.20. The Balaban J connectivity index is 2.07. The number of nitrogens with zero attached hydrogens (tertiary/aromatic N) is 2. The third-order valence-electron chi connectivity index (χ3n) is 3.14. The van der Waals surface area contributed by atoms with Gasteiger partial charge in [-0.25, -0.2) is 14.4 Å². The summed E-state index contributed by atoms with van der Waals surface area (Å²) in [6.07, 6.45) is 0. The molecule has 0 spiro atoms. The SMILES string of the molecule is Cc1ccc(-c2cc(Cl)nc(-c3ccc(F)cc3)n2)cc1. The van der Waals surface area contributed by atoms with Gasteiger partial charge in [-0.2, -0.15) is 0 Å². The summed E-state index contributed by atoms with van der Waals surface area (Å²) in [6, 6.07) is 15.8. The second kappa shape index (κ2) is 5.62. The van der Waals surface area contributed by atoms with E-state index < -0.39 is 0 Å². The molecule has 0 radical (unpaired) electrons. The van der Waals surface area contributed by atoms with Gasteiger partial charge in [0.05, 0.1) is 5.69 Å². The molecule has 3 rings (SSSR count). The van der Waals surface area contributed by atoms with Crippen molar-refractivity contribution in [1.82, 2.24) is 9.97 Å². The molecule has 0 unspecified atom stereocenters. The van der Waals surface area contributed by atoms with Gasteiger partial charge in [-0.3, -0.25) is 0 Å². The Hall–Kier alpha value is -2.26. The summed E-state index contributed by atoms with van der Waals surface area (Å²) in [5, 5.41) is 0.361. The number of rotatable bonds is 2. The van der Waals surface area contributed by atoms with E-state index in [0.29, 0.717) is 11.0 Å². The summed E-state index contributed by atoms with van der Waals surface area (Å²) in [4.78, 5) is 8.72. The van der Waals surface area contributed by atoms with E-state index in [1.807, 2.05) is 31.2 Å². The summed E-state index contributed by atoms with van der Waals surface area (Å²) in [5.41, 5.74) is 3.62. The van der Waals surface area contributed by atoms with Crippen molar-refractivity contribution in [1.29, 1.82) is 0 Å². The van der Waals surface area contributed by atoms with Gasteiger partial charge in [0, 0.05) is 17.2 Å². The normalized spacial score (nSPS) is 10.6. The first-order valence-corrected chi connectivity index (χ1v) is 6.87. The molecule has 0 amide bonds. The molecule has 0 saturated carbocycles. The molecule has 21 heavy (non-hydrogen) atoms. The quantitative estimate of drug-likeness (QED) is 0.628. The number of hydrogen-bond donors (Lipinski definition) is 0. The van der Waals surface area contributed by atoms with Gasteiger partial charge in [-0.1, -0.05) is 41.4 Å². The van der Waals surface area contributed by atoms with Crippen LogP contribution in [0.2, 0.25) is 5.15 Å². The Morgan fingerprint density at radius 1 is 0.857 bits per heavy atom. The largest absolute Gasteiger partial charge is 0.228 e. The van der Waals surface area contributed by atoms with Gasteiger partial charge >= 0.3 is 0 Å². The van der Waals surface area contributed by atoms with Crippen LogP contribution in [0.25, 0.3) is 22.6 Å². The fourth-order valence-electron chi connectivity index (χ4n) is 2.02.